The second-order valence-electron chi connectivity index (χ2n) is 5.46. The van der Waals surface area contributed by atoms with Gasteiger partial charge in [-0.1, -0.05) is 12.1 Å². The maximum atomic E-state index is 9.92. The van der Waals surface area contributed by atoms with E-state index in [4.69, 9.17) is 0 Å². The number of aromatic hydroxyl groups is 1. The zero-order valence-corrected chi connectivity index (χ0v) is 11.5. The van der Waals surface area contributed by atoms with Gasteiger partial charge in [-0.25, -0.2) is 0 Å². The molecule has 3 rings (SSSR count). The number of hydrogen-bond acceptors (Lipinski definition) is 4. The first kappa shape index (κ1) is 13.4. The first-order chi connectivity index (χ1) is 9.75. The third-order valence-corrected chi connectivity index (χ3v) is 4.08. The van der Waals surface area contributed by atoms with E-state index >= 15 is 0 Å². The lowest BCUT2D eigenvalue weighted by Gasteiger charge is -2.29. The molecule has 0 bridgehead atoms. The topological polar surface area (TPSA) is 70.3 Å². The minimum Gasteiger partial charge on any atom is -0.480 e. The van der Waals surface area contributed by atoms with E-state index in [2.05, 4.69) is 10.3 Å². The van der Waals surface area contributed by atoms with E-state index in [0.717, 1.165) is 49.8 Å². The summed E-state index contributed by atoms with van der Waals surface area (Å²) in [5.41, 5.74) is 1.78. The maximum Gasteiger partial charge on any atom is 0.294 e. The molecule has 5 nitrogen and oxygen atoms in total. The molecule has 0 amide bonds. The monoisotopic (exact) mass is 275 g/mol. The zero-order valence-electron chi connectivity index (χ0n) is 11.5. The predicted molar refractivity (Wildman–Crippen MR) is 77.7 cm³/mol. The Kier molecular flexibility index (Phi) is 3.89. The van der Waals surface area contributed by atoms with Gasteiger partial charge < -0.3 is 15.5 Å². The van der Waals surface area contributed by atoms with Gasteiger partial charge in [0.1, 0.15) is 0 Å². The molecule has 1 aliphatic heterocycles. The Morgan fingerprint density at radius 3 is 3.05 bits per heavy atom. The fraction of sp³-hybridized carbons (Fsp3) is 0.533. The van der Waals surface area contributed by atoms with E-state index in [1.54, 1.807) is 0 Å². The van der Waals surface area contributed by atoms with Crippen LogP contribution in [0.15, 0.2) is 24.3 Å². The van der Waals surface area contributed by atoms with Crippen LogP contribution in [0.3, 0.4) is 0 Å². The molecule has 0 saturated carbocycles. The number of aliphatic hydroxyl groups excluding tert-OH is 1. The summed E-state index contributed by atoms with van der Waals surface area (Å²) in [4.78, 5) is 4.15. The molecule has 0 unspecified atom stereocenters. The molecule has 1 fully saturated rings. The summed E-state index contributed by atoms with van der Waals surface area (Å²) in [6, 6.07) is 7.99. The lowest BCUT2D eigenvalue weighted by Crippen LogP contribution is -2.44. The SMILES string of the molecule is Oc1nc2ccccc2n1CCC[C@H]1NCCC[C@@H]1O. The van der Waals surface area contributed by atoms with Crippen LogP contribution in [0.4, 0.5) is 0 Å². The Morgan fingerprint density at radius 1 is 1.35 bits per heavy atom. The number of rotatable bonds is 4. The molecule has 0 spiro atoms. The summed E-state index contributed by atoms with van der Waals surface area (Å²) >= 11 is 0. The number of benzene rings is 1. The first-order valence-corrected chi connectivity index (χ1v) is 7.31. The van der Waals surface area contributed by atoms with Crippen LogP contribution in [0.2, 0.25) is 0 Å². The zero-order chi connectivity index (χ0) is 13.9. The normalized spacial score (nSPS) is 23.2. The fourth-order valence-electron chi connectivity index (χ4n) is 2.98. The van der Waals surface area contributed by atoms with Crippen molar-refractivity contribution in [3.63, 3.8) is 0 Å². The fourth-order valence-corrected chi connectivity index (χ4v) is 2.98. The number of aliphatic hydroxyl groups is 1. The average Bonchev–Trinajstić information content (AvgIpc) is 2.77. The van der Waals surface area contributed by atoms with Gasteiger partial charge in [-0.05, 0) is 44.4 Å². The summed E-state index contributed by atoms with van der Waals surface area (Å²) in [6.45, 7) is 1.71. The van der Waals surface area contributed by atoms with Gasteiger partial charge in [-0.3, -0.25) is 4.57 Å². The standard InChI is InChI=1S/C15H21N3O2/c19-14-8-3-9-16-12(14)6-4-10-18-13-7-2-1-5-11(13)17-15(18)20/h1-2,5,7,12,14,16,19H,3-4,6,8-10H2,(H,17,20)/t12-,14+/m1/s1. The molecule has 20 heavy (non-hydrogen) atoms. The molecule has 0 radical (unpaired) electrons. The second-order valence-corrected chi connectivity index (χ2v) is 5.46. The van der Waals surface area contributed by atoms with E-state index < -0.39 is 0 Å². The number of piperidine rings is 1. The Morgan fingerprint density at radius 2 is 2.20 bits per heavy atom. The van der Waals surface area contributed by atoms with Crippen LogP contribution in [0.5, 0.6) is 6.01 Å². The summed E-state index contributed by atoms with van der Waals surface area (Å²) in [6.07, 6.45) is 3.51. The van der Waals surface area contributed by atoms with Crippen molar-refractivity contribution >= 4 is 11.0 Å². The first-order valence-electron chi connectivity index (χ1n) is 7.31. The van der Waals surface area contributed by atoms with Gasteiger partial charge in [0.05, 0.1) is 17.1 Å². The quantitative estimate of drug-likeness (QED) is 0.793. The largest absolute Gasteiger partial charge is 0.480 e. The number of fused-ring (bicyclic) bond motifs is 1. The van der Waals surface area contributed by atoms with Crippen LogP contribution >= 0.6 is 0 Å². The lowest BCUT2D eigenvalue weighted by atomic mass is 9.97. The molecular formula is C15H21N3O2. The number of nitrogens with one attached hydrogen (secondary N) is 1. The molecule has 3 N–H and O–H groups in total. The minimum absolute atomic E-state index is 0.0725. The third kappa shape index (κ3) is 2.64. The summed E-state index contributed by atoms with van der Waals surface area (Å²) in [5.74, 6) is 0. The Hall–Kier alpha value is -1.59. The van der Waals surface area contributed by atoms with Gasteiger partial charge in [0.15, 0.2) is 0 Å². The average molecular weight is 275 g/mol. The van der Waals surface area contributed by atoms with E-state index in [1.807, 2.05) is 28.8 Å². The van der Waals surface area contributed by atoms with E-state index in [9.17, 15) is 10.2 Å². The van der Waals surface area contributed by atoms with Crippen molar-refractivity contribution in [2.24, 2.45) is 0 Å². The van der Waals surface area contributed by atoms with Gasteiger partial charge in [-0.2, -0.15) is 4.98 Å². The third-order valence-electron chi connectivity index (χ3n) is 4.08. The molecule has 108 valence electrons. The van der Waals surface area contributed by atoms with Crippen LogP contribution in [-0.4, -0.2) is 38.5 Å². The molecule has 5 heteroatoms. The Balaban J connectivity index is 1.63. The number of hydrogen-bond donors (Lipinski definition) is 3. The van der Waals surface area contributed by atoms with Gasteiger partial charge in [0.2, 0.25) is 0 Å². The Bertz CT molecular complexity index is 582. The van der Waals surface area contributed by atoms with Crippen molar-refractivity contribution < 1.29 is 10.2 Å². The molecule has 2 aromatic rings. The highest BCUT2D eigenvalue weighted by Gasteiger charge is 2.22. The molecule has 1 aromatic carbocycles. The molecular weight excluding hydrogens is 254 g/mol. The Labute approximate surface area is 118 Å². The molecule has 1 aliphatic rings. The van der Waals surface area contributed by atoms with Crippen molar-refractivity contribution in [3.8, 4) is 6.01 Å². The van der Waals surface area contributed by atoms with E-state index in [1.165, 1.54) is 0 Å². The van der Waals surface area contributed by atoms with Crippen LogP contribution < -0.4 is 5.32 Å². The van der Waals surface area contributed by atoms with Crippen LogP contribution in [-0.2, 0) is 6.54 Å². The van der Waals surface area contributed by atoms with Gasteiger partial charge in [-0.15, -0.1) is 0 Å². The highest BCUT2D eigenvalue weighted by atomic mass is 16.3. The molecule has 0 aliphatic carbocycles. The number of para-hydroxylation sites is 2. The van der Waals surface area contributed by atoms with Gasteiger partial charge in [0, 0.05) is 12.6 Å². The highest BCUT2D eigenvalue weighted by Crippen LogP contribution is 2.21. The van der Waals surface area contributed by atoms with Crippen LogP contribution in [0.25, 0.3) is 11.0 Å². The van der Waals surface area contributed by atoms with Crippen molar-refractivity contribution in [2.75, 3.05) is 6.54 Å². The number of nitrogens with zero attached hydrogens (tertiary/aromatic N) is 2. The van der Waals surface area contributed by atoms with Crippen molar-refractivity contribution in [2.45, 2.75) is 44.4 Å². The van der Waals surface area contributed by atoms with Crippen LogP contribution in [0.1, 0.15) is 25.7 Å². The minimum atomic E-state index is -0.239. The smallest absolute Gasteiger partial charge is 0.294 e. The van der Waals surface area contributed by atoms with E-state index in [-0.39, 0.29) is 18.2 Å². The number of imidazole rings is 1. The van der Waals surface area contributed by atoms with Crippen LogP contribution in [0, 0.1) is 0 Å². The maximum absolute atomic E-state index is 9.92. The summed E-state index contributed by atoms with van der Waals surface area (Å²) < 4.78 is 1.84. The summed E-state index contributed by atoms with van der Waals surface area (Å²) in [5, 5.41) is 23.2. The number of aryl methyl sites for hydroxylation is 1. The lowest BCUT2D eigenvalue weighted by molar-refractivity contribution is 0.0908. The van der Waals surface area contributed by atoms with Gasteiger partial charge in [0.25, 0.3) is 6.01 Å². The number of aromatic nitrogens is 2. The van der Waals surface area contributed by atoms with Crippen molar-refractivity contribution in [1.29, 1.82) is 0 Å². The second kappa shape index (κ2) is 5.81. The highest BCUT2D eigenvalue weighted by molar-refractivity contribution is 5.76. The van der Waals surface area contributed by atoms with Gasteiger partial charge >= 0.3 is 0 Å². The molecule has 2 atom stereocenters. The molecule has 1 saturated heterocycles. The van der Waals surface area contributed by atoms with Crippen molar-refractivity contribution in [1.82, 2.24) is 14.9 Å². The molecule has 2 heterocycles. The van der Waals surface area contributed by atoms with Crippen molar-refractivity contribution in [3.05, 3.63) is 24.3 Å². The van der Waals surface area contributed by atoms with E-state index in [0.29, 0.717) is 0 Å². The predicted octanol–water partition coefficient (Wildman–Crippen LogP) is 1.63. The molecule has 1 aromatic heterocycles. The summed E-state index contributed by atoms with van der Waals surface area (Å²) in [7, 11) is 0.